The van der Waals surface area contributed by atoms with E-state index in [1.165, 1.54) is 0 Å². The van der Waals surface area contributed by atoms with Crippen molar-refractivity contribution in [2.75, 3.05) is 6.61 Å². The third kappa shape index (κ3) is 4.18. The van der Waals surface area contributed by atoms with Crippen LogP contribution >= 0.6 is 39.1 Å². The third-order valence-electron chi connectivity index (χ3n) is 3.41. The summed E-state index contributed by atoms with van der Waals surface area (Å²) in [7, 11) is 0. The molecule has 0 spiro atoms. The van der Waals surface area contributed by atoms with Crippen LogP contribution in [0.4, 0.5) is 13.2 Å². The van der Waals surface area contributed by atoms with E-state index in [1.807, 2.05) is 6.92 Å². The number of carbonyl (C=O) groups excluding carboxylic acids is 1. The molecule has 1 aromatic heterocycles. The Morgan fingerprint density at radius 3 is 2.31 bits per heavy atom. The molecule has 2 aromatic rings. The highest BCUT2D eigenvalue weighted by molar-refractivity contribution is 9.10. The number of aromatic nitrogens is 2. The second kappa shape index (κ2) is 8.19. The summed E-state index contributed by atoms with van der Waals surface area (Å²) >= 11 is 15.4. The van der Waals surface area contributed by atoms with Crippen molar-refractivity contribution in [3.63, 3.8) is 0 Å². The van der Waals surface area contributed by atoms with E-state index in [-0.39, 0.29) is 28.0 Å². The molecule has 2 rings (SSSR count). The van der Waals surface area contributed by atoms with E-state index in [2.05, 4.69) is 21.0 Å². The quantitative estimate of drug-likeness (QED) is 0.493. The van der Waals surface area contributed by atoms with E-state index >= 15 is 0 Å². The fourth-order valence-electron chi connectivity index (χ4n) is 2.31. The first kappa shape index (κ1) is 21.1. The summed E-state index contributed by atoms with van der Waals surface area (Å²) in [6, 6.07) is 1.49. The molecule has 0 aliphatic carbocycles. The van der Waals surface area contributed by atoms with Crippen LogP contribution in [0.25, 0.3) is 5.69 Å². The van der Waals surface area contributed by atoms with Crippen LogP contribution in [-0.2, 0) is 17.3 Å². The lowest BCUT2D eigenvalue weighted by Gasteiger charge is -2.14. The molecule has 142 valence electrons. The van der Waals surface area contributed by atoms with E-state index in [1.54, 1.807) is 6.92 Å². The molecule has 10 heteroatoms. The number of halogens is 6. The first-order chi connectivity index (χ1) is 12.1. The Morgan fingerprint density at radius 2 is 1.85 bits per heavy atom. The molecule has 1 aromatic carbocycles. The van der Waals surface area contributed by atoms with Gasteiger partial charge in [-0.1, -0.05) is 36.5 Å². The number of hydrogen-bond acceptors (Lipinski definition) is 3. The number of carbonyl (C=O) groups is 1. The van der Waals surface area contributed by atoms with Gasteiger partial charge in [0.05, 0.1) is 32.4 Å². The van der Waals surface area contributed by atoms with Crippen molar-refractivity contribution in [1.82, 2.24) is 9.78 Å². The van der Waals surface area contributed by atoms with Gasteiger partial charge in [0.25, 0.3) is 0 Å². The number of hydrogen-bond donors (Lipinski definition) is 0. The highest BCUT2D eigenvalue weighted by Crippen LogP contribution is 2.39. The van der Waals surface area contributed by atoms with Crippen LogP contribution in [0.15, 0.2) is 16.6 Å². The van der Waals surface area contributed by atoms with E-state index in [9.17, 15) is 18.0 Å². The van der Waals surface area contributed by atoms with Crippen molar-refractivity contribution in [3.8, 4) is 5.69 Å². The number of rotatable bonds is 5. The minimum absolute atomic E-state index is 0.0128. The standard InChI is InChI=1S/C16H14BrCl2F3N2O2/c1-3-5-11-12(17)14(15(25)26-4-2)24(23-11)13-9(18)6-8(7-10(13)19)16(20,21)22/h6-7H,3-5H2,1-2H3. The monoisotopic (exact) mass is 472 g/mol. The Hall–Kier alpha value is -1.25. The lowest BCUT2D eigenvalue weighted by Crippen LogP contribution is -2.14. The third-order valence-corrected chi connectivity index (χ3v) is 4.81. The lowest BCUT2D eigenvalue weighted by atomic mass is 10.2. The van der Waals surface area contributed by atoms with Crippen molar-refractivity contribution < 1.29 is 22.7 Å². The summed E-state index contributed by atoms with van der Waals surface area (Å²) in [5.41, 5.74) is -0.456. The Bertz CT molecular complexity index is 815. The Balaban J connectivity index is 2.71. The van der Waals surface area contributed by atoms with E-state index < -0.39 is 17.7 Å². The maximum absolute atomic E-state index is 12.9. The van der Waals surface area contributed by atoms with Crippen molar-refractivity contribution in [2.24, 2.45) is 0 Å². The molecule has 4 nitrogen and oxygen atoms in total. The van der Waals surface area contributed by atoms with Gasteiger partial charge in [-0.2, -0.15) is 18.3 Å². The average Bonchev–Trinajstić information content (AvgIpc) is 2.83. The van der Waals surface area contributed by atoms with Crippen molar-refractivity contribution in [1.29, 1.82) is 0 Å². The maximum Gasteiger partial charge on any atom is 0.416 e. The van der Waals surface area contributed by atoms with Crippen molar-refractivity contribution in [2.45, 2.75) is 32.9 Å². The van der Waals surface area contributed by atoms with Crippen LogP contribution in [0.5, 0.6) is 0 Å². The summed E-state index contributed by atoms with van der Waals surface area (Å²) in [6.07, 6.45) is -3.32. The zero-order chi connectivity index (χ0) is 19.6. The molecule has 0 saturated heterocycles. The fourth-order valence-corrected chi connectivity index (χ4v) is 3.56. The van der Waals surface area contributed by atoms with Crippen LogP contribution in [0.2, 0.25) is 10.0 Å². The lowest BCUT2D eigenvalue weighted by molar-refractivity contribution is -0.137. The number of benzene rings is 1. The van der Waals surface area contributed by atoms with Gasteiger partial charge in [0, 0.05) is 0 Å². The molecule has 26 heavy (non-hydrogen) atoms. The molecular weight excluding hydrogens is 460 g/mol. The summed E-state index contributed by atoms with van der Waals surface area (Å²) in [6.45, 7) is 3.68. The molecule has 0 N–H and O–H groups in total. The van der Waals surface area contributed by atoms with Gasteiger partial charge < -0.3 is 4.74 Å². The summed E-state index contributed by atoms with van der Waals surface area (Å²) in [5, 5.41) is 3.74. The summed E-state index contributed by atoms with van der Waals surface area (Å²) in [5.74, 6) is -0.693. The van der Waals surface area contributed by atoms with Crippen LogP contribution < -0.4 is 0 Å². The van der Waals surface area contributed by atoms with Crippen LogP contribution in [-0.4, -0.2) is 22.4 Å². The molecule has 0 amide bonds. The predicted octanol–water partition coefficient (Wildman–Crippen LogP) is 6.09. The molecule has 0 saturated carbocycles. The molecule has 0 aliphatic rings. The van der Waals surface area contributed by atoms with Gasteiger partial charge in [0.15, 0.2) is 5.69 Å². The highest BCUT2D eigenvalue weighted by Gasteiger charge is 2.33. The van der Waals surface area contributed by atoms with Gasteiger partial charge in [0.1, 0.15) is 5.69 Å². The Kier molecular flexibility index (Phi) is 6.63. The van der Waals surface area contributed by atoms with Gasteiger partial charge >= 0.3 is 12.1 Å². The molecule has 0 radical (unpaired) electrons. The second-order valence-electron chi connectivity index (χ2n) is 5.28. The fraction of sp³-hybridized carbons (Fsp3) is 0.375. The molecule has 1 heterocycles. The van der Waals surface area contributed by atoms with Crippen LogP contribution in [0.3, 0.4) is 0 Å². The molecule has 0 atom stereocenters. The number of esters is 1. The smallest absolute Gasteiger partial charge is 0.416 e. The molecule has 0 aliphatic heterocycles. The number of alkyl halides is 3. The predicted molar refractivity (Wildman–Crippen MR) is 96.2 cm³/mol. The average molecular weight is 474 g/mol. The Morgan fingerprint density at radius 1 is 1.27 bits per heavy atom. The van der Waals surface area contributed by atoms with Crippen LogP contribution in [0.1, 0.15) is 42.0 Å². The summed E-state index contributed by atoms with van der Waals surface area (Å²) < 4.78 is 45.4. The van der Waals surface area contributed by atoms with E-state index in [0.717, 1.165) is 23.2 Å². The minimum atomic E-state index is -4.60. The number of aryl methyl sites for hydroxylation is 1. The molecular formula is C16H14BrCl2F3N2O2. The highest BCUT2D eigenvalue weighted by atomic mass is 79.9. The molecule has 0 fully saturated rings. The van der Waals surface area contributed by atoms with Crippen LogP contribution in [0, 0.1) is 0 Å². The van der Waals surface area contributed by atoms with E-state index in [0.29, 0.717) is 16.6 Å². The topological polar surface area (TPSA) is 44.1 Å². The first-order valence-corrected chi connectivity index (χ1v) is 9.17. The first-order valence-electron chi connectivity index (χ1n) is 7.62. The largest absolute Gasteiger partial charge is 0.461 e. The van der Waals surface area contributed by atoms with Gasteiger partial charge in [-0.15, -0.1) is 0 Å². The van der Waals surface area contributed by atoms with E-state index in [4.69, 9.17) is 27.9 Å². The number of ether oxygens (including phenoxy) is 1. The van der Waals surface area contributed by atoms with Crippen molar-refractivity contribution >= 4 is 45.1 Å². The second-order valence-corrected chi connectivity index (χ2v) is 6.89. The Labute approximate surface area is 166 Å². The zero-order valence-corrected chi connectivity index (χ0v) is 16.9. The maximum atomic E-state index is 12.9. The van der Waals surface area contributed by atoms with Gasteiger partial charge in [-0.05, 0) is 41.4 Å². The van der Waals surface area contributed by atoms with Crippen molar-refractivity contribution in [3.05, 3.63) is 43.6 Å². The zero-order valence-electron chi connectivity index (χ0n) is 13.8. The van der Waals surface area contributed by atoms with Gasteiger partial charge in [-0.25, -0.2) is 9.48 Å². The van der Waals surface area contributed by atoms with Gasteiger partial charge in [0.2, 0.25) is 0 Å². The summed E-state index contributed by atoms with van der Waals surface area (Å²) in [4.78, 5) is 12.3. The number of nitrogens with zero attached hydrogens (tertiary/aromatic N) is 2. The van der Waals surface area contributed by atoms with Gasteiger partial charge in [-0.3, -0.25) is 0 Å². The normalized spacial score (nSPS) is 11.7. The molecule has 0 unspecified atom stereocenters. The molecule has 0 bridgehead atoms. The minimum Gasteiger partial charge on any atom is -0.461 e. The SMILES string of the molecule is CCCc1nn(-c2c(Cl)cc(C(F)(F)F)cc2Cl)c(C(=O)OCC)c1Br.